The zero-order valence-corrected chi connectivity index (χ0v) is 44.2. The van der Waals surface area contributed by atoms with Gasteiger partial charge in [0.15, 0.2) is 14.1 Å². The average molecular weight is 1040 g/mol. The fourth-order valence-corrected chi connectivity index (χ4v) is 11.1. The lowest BCUT2D eigenvalue weighted by Gasteiger charge is -2.20. The molecule has 4 atom stereocenters. The van der Waals surface area contributed by atoms with Crippen molar-refractivity contribution in [2.24, 2.45) is 11.8 Å². The number of carbonyl (C=O) groups excluding carboxylic acids is 4. The summed E-state index contributed by atoms with van der Waals surface area (Å²) in [6, 6.07) is 13.6. The summed E-state index contributed by atoms with van der Waals surface area (Å²) in [6.07, 6.45) is 5.58. The second kappa shape index (κ2) is 25.2. The Bertz CT molecular complexity index is 2420. The number of alkyl halides is 3. The molecule has 4 aromatic rings. The smallest absolute Gasteiger partial charge is 0.337 e. The highest BCUT2D eigenvalue weighted by atomic mass is 35.6. The van der Waals surface area contributed by atoms with Crippen molar-refractivity contribution < 1.29 is 55.4 Å². The summed E-state index contributed by atoms with van der Waals surface area (Å²) >= 11 is 16.3. The minimum atomic E-state index is -3.47. The molecule has 0 radical (unpaired) electrons. The van der Waals surface area contributed by atoms with E-state index in [1.165, 1.54) is 14.2 Å². The van der Waals surface area contributed by atoms with Crippen molar-refractivity contribution in [3.63, 3.8) is 0 Å². The first kappa shape index (κ1) is 56.5. The Balaban J connectivity index is 0.000000275. The van der Waals surface area contributed by atoms with Gasteiger partial charge < -0.3 is 27.8 Å². The predicted molar refractivity (Wildman–Crippen MR) is 264 cm³/mol. The number of thioether (sulfide) groups is 1. The van der Waals surface area contributed by atoms with Gasteiger partial charge in [0.05, 0.1) is 47.7 Å². The van der Waals surface area contributed by atoms with Gasteiger partial charge in [-0.25, -0.2) is 28.0 Å². The number of ether oxygens (including phenoxy) is 4. The molecule has 2 heterocycles. The van der Waals surface area contributed by atoms with E-state index in [1.54, 1.807) is 43.3 Å². The molecule has 19 heteroatoms. The van der Waals surface area contributed by atoms with E-state index in [0.717, 1.165) is 42.0 Å². The Morgan fingerprint density at radius 2 is 1.09 bits per heavy atom. The highest BCUT2D eigenvalue weighted by molar-refractivity contribution is 7.99. The van der Waals surface area contributed by atoms with Crippen LogP contribution in [0.5, 0.6) is 0 Å². The quantitative estimate of drug-likeness (QED) is 0.0657. The molecule has 0 N–H and O–H groups in total. The summed E-state index contributed by atoms with van der Waals surface area (Å²) in [5.74, 6) is 1.85. The third kappa shape index (κ3) is 18.3. The van der Waals surface area contributed by atoms with Crippen molar-refractivity contribution in [3.8, 4) is 22.9 Å². The number of hydrogen-bond donors (Lipinski definition) is 0. The van der Waals surface area contributed by atoms with E-state index < -0.39 is 36.6 Å². The topological polar surface area (TPSA) is 191 Å². The van der Waals surface area contributed by atoms with Crippen LogP contribution in [0.3, 0.4) is 0 Å². The number of oxazole rings is 2. The van der Waals surface area contributed by atoms with Crippen LogP contribution in [0.25, 0.3) is 22.9 Å². The van der Waals surface area contributed by atoms with E-state index in [-0.39, 0.29) is 36.0 Å². The summed E-state index contributed by atoms with van der Waals surface area (Å²) in [6.45, 7) is 14.8. The number of aryl methyl sites for hydroxylation is 2. The van der Waals surface area contributed by atoms with Gasteiger partial charge in [0.2, 0.25) is 11.8 Å². The third-order valence-corrected chi connectivity index (χ3v) is 14.4. The maximum Gasteiger partial charge on any atom is 0.337 e. The van der Waals surface area contributed by atoms with Crippen LogP contribution in [0, 0.1) is 25.7 Å². The molecule has 2 aliphatic rings. The van der Waals surface area contributed by atoms with Crippen LogP contribution < -0.4 is 0 Å². The van der Waals surface area contributed by atoms with Crippen LogP contribution in [-0.2, 0) is 49.9 Å². The molecule has 2 fully saturated rings. The molecule has 0 unspecified atom stereocenters. The summed E-state index contributed by atoms with van der Waals surface area (Å²) < 4.78 is 57.2. The fourth-order valence-electron chi connectivity index (χ4n) is 7.75. The average Bonchev–Trinajstić information content (AvgIpc) is 4.06. The number of aromatic nitrogens is 2. The summed E-state index contributed by atoms with van der Waals surface area (Å²) in [7, 11) is -0.793. The van der Waals surface area contributed by atoms with Crippen molar-refractivity contribution in [3.05, 3.63) is 82.6 Å². The van der Waals surface area contributed by atoms with Crippen molar-refractivity contribution in [2.45, 2.75) is 144 Å². The van der Waals surface area contributed by atoms with Crippen LogP contribution in [0.15, 0.2) is 57.4 Å². The molecule has 2 aliphatic carbocycles. The Hall–Kier alpha value is -4.09. The Kier molecular flexibility index (Phi) is 20.9. The highest BCUT2D eigenvalue weighted by Crippen LogP contribution is 2.39. The predicted octanol–water partition coefficient (Wildman–Crippen LogP) is 11.8. The third-order valence-electron chi connectivity index (χ3n) is 10.9. The molecule has 2 aromatic carbocycles. The maximum absolute atomic E-state index is 13.1. The number of carbonyl (C=O) groups is 4. The van der Waals surface area contributed by atoms with Crippen LogP contribution >= 0.6 is 46.6 Å². The number of rotatable bonds is 14. The van der Waals surface area contributed by atoms with Crippen LogP contribution in [0.4, 0.5) is 0 Å². The fraction of sp³-hybridized carbons (Fsp3) is 0.551. The first-order chi connectivity index (χ1) is 31.7. The van der Waals surface area contributed by atoms with Gasteiger partial charge in [0.1, 0.15) is 22.7 Å². The molecule has 68 heavy (non-hydrogen) atoms. The molecule has 6 rings (SSSR count). The van der Waals surface area contributed by atoms with Crippen LogP contribution in [0.2, 0.25) is 0 Å². The number of halogens is 3. The molecule has 14 nitrogen and oxygen atoms in total. The van der Waals surface area contributed by atoms with Gasteiger partial charge in [-0.05, 0) is 154 Å². The molecule has 0 aliphatic heterocycles. The number of esters is 4. The van der Waals surface area contributed by atoms with Gasteiger partial charge >= 0.3 is 23.9 Å². The van der Waals surface area contributed by atoms with Gasteiger partial charge in [-0.2, -0.15) is 11.8 Å². The zero-order chi connectivity index (χ0) is 50.6. The molecular formula is C49H63Cl3N2O12S2. The second-order valence-electron chi connectivity index (χ2n) is 18.7. The lowest BCUT2D eigenvalue weighted by Crippen LogP contribution is -2.25. The van der Waals surface area contributed by atoms with E-state index in [9.17, 15) is 27.6 Å². The molecule has 2 saturated carbocycles. The summed E-state index contributed by atoms with van der Waals surface area (Å²) in [5, 5.41) is 0.00940. The first-order valence-electron chi connectivity index (χ1n) is 22.2. The normalized spacial score (nSPS) is 18.2. The standard InChI is InChI=1S/C24H31NO7S.C24H31NO5S.CHCl3/c1-15-20(25-22(31-15)17-7-9-18(10-8-17)23(27)30-5)14-33(28,29)19-11-6-16(12-19)13-21(26)32-24(2,3)4;1-15-20(25-22(29-15)17-7-9-18(10-8-17)23(27)28-5)14-31-19-11-6-16(12-19)13-21(26)30-24(2,3)4;2-1(3)4/h7-10,16,19H,6,11-14H2,1-5H3;7-10,16,19H,6,11-14H2,1-5H3;1H/t2*16-,19-;/m00./s1. The minimum absolute atomic E-state index is 0.00178. The highest BCUT2D eigenvalue weighted by Gasteiger charge is 2.37. The lowest BCUT2D eigenvalue weighted by molar-refractivity contribution is -0.157. The maximum atomic E-state index is 13.1. The van der Waals surface area contributed by atoms with E-state index in [2.05, 4.69) is 14.7 Å². The van der Waals surface area contributed by atoms with Gasteiger partial charge in [-0.1, -0.05) is 34.8 Å². The first-order valence-corrected chi connectivity index (χ1v) is 26.3. The molecule has 2 aromatic heterocycles. The Morgan fingerprint density at radius 1 is 0.676 bits per heavy atom. The number of benzene rings is 2. The van der Waals surface area contributed by atoms with E-state index in [1.807, 2.05) is 72.4 Å². The Morgan fingerprint density at radius 3 is 1.53 bits per heavy atom. The molecular weight excluding hydrogens is 979 g/mol. The second-order valence-corrected chi connectivity index (χ2v) is 24.3. The van der Waals surface area contributed by atoms with E-state index >= 15 is 0 Å². The molecule has 0 saturated heterocycles. The number of sulfone groups is 1. The minimum Gasteiger partial charge on any atom is -0.465 e. The van der Waals surface area contributed by atoms with Gasteiger partial charge in [0, 0.05) is 35.0 Å². The van der Waals surface area contributed by atoms with Crippen LogP contribution in [-0.4, -0.2) is 82.5 Å². The molecule has 374 valence electrons. The number of hydrogen-bond acceptors (Lipinski definition) is 15. The Labute approximate surface area is 419 Å². The van der Waals surface area contributed by atoms with Gasteiger partial charge in [0.25, 0.3) is 0 Å². The molecule has 0 amide bonds. The van der Waals surface area contributed by atoms with E-state index in [4.69, 9.17) is 57.8 Å². The van der Waals surface area contributed by atoms with Crippen molar-refractivity contribution in [1.29, 1.82) is 0 Å². The molecule has 0 bridgehead atoms. The van der Waals surface area contributed by atoms with Gasteiger partial charge in [-0.15, -0.1) is 0 Å². The summed E-state index contributed by atoms with van der Waals surface area (Å²) in [4.78, 5) is 56.4. The zero-order valence-electron chi connectivity index (χ0n) is 40.3. The van der Waals surface area contributed by atoms with Gasteiger partial charge in [-0.3, -0.25) is 9.59 Å². The summed E-state index contributed by atoms with van der Waals surface area (Å²) in [5.41, 5.74) is 2.68. The molecule has 0 spiro atoms. The lowest BCUT2D eigenvalue weighted by atomic mass is 10.0. The number of nitrogens with zero attached hydrogens (tertiary/aromatic N) is 2. The SMILES string of the molecule is COC(=O)c1ccc(-c2nc(CS(=O)(=O)[C@H]3CC[C@H](CC(=O)OC(C)(C)C)C3)c(C)o2)cc1.COC(=O)c1ccc(-c2nc(CS[C@H]3CC[C@H](CC(=O)OC(C)(C)C)C3)c(C)o2)cc1.ClC(Cl)Cl. The van der Waals surface area contributed by atoms with Crippen molar-refractivity contribution in [1.82, 2.24) is 9.97 Å². The van der Waals surface area contributed by atoms with Crippen LogP contribution in [0.1, 0.15) is 137 Å². The van der Waals surface area contributed by atoms with E-state index in [0.29, 0.717) is 76.8 Å². The van der Waals surface area contributed by atoms with Crippen molar-refractivity contribution >= 4 is 80.3 Å². The largest absolute Gasteiger partial charge is 0.465 e. The van der Waals surface area contributed by atoms with Crippen molar-refractivity contribution in [2.75, 3.05) is 14.2 Å². The number of methoxy groups -OCH3 is 2. The monoisotopic (exact) mass is 1040 g/mol.